The van der Waals surface area contributed by atoms with E-state index in [1.807, 2.05) is 11.8 Å². The summed E-state index contributed by atoms with van der Waals surface area (Å²) in [5.41, 5.74) is 10.7. The van der Waals surface area contributed by atoms with Crippen molar-refractivity contribution in [1.82, 2.24) is 9.55 Å². The van der Waals surface area contributed by atoms with Crippen LogP contribution in [0.15, 0.2) is 211 Å². The molecule has 0 saturated carbocycles. The monoisotopic (exact) mass is 724 g/mol. The van der Waals surface area contributed by atoms with E-state index < -0.39 is 8.07 Å². The molecule has 1 aliphatic rings. The van der Waals surface area contributed by atoms with Gasteiger partial charge >= 0.3 is 0 Å². The zero-order valence-corrected chi connectivity index (χ0v) is 31.5. The largest absolute Gasteiger partial charge is 0.294 e. The molecule has 0 amide bonds. The molecule has 10 rings (SSSR count). The van der Waals surface area contributed by atoms with Crippen molar-refractivity contribution in [3.8, 4) is 39.1 Å². The van der Waals surface area contributed by atoms with Gasteiger partial charge in [-0.25, -0.2) is 4.98 Å². The maximum Gasteiger partial charge on any atom is 0.179 e. The molecular weight excluding hydrogens is 689 g/mol. The second-order valence-electron chi connectivity index (χ2n) is 13.9. The number of fused-ring (bicyclic) bond motifs is 5. The maximum absolute atomic E-state index is 5.18. The van der Waals surface area contributed by atoms with Crippen LogP contribution < -0.4 is 20.7 Å². The average molecular weight is 725 g/mol. The highest BCUT2D eigenvalue weighted by Crippen LogP contribution is 2.38. The average Bonchev–Trinajstić information content (AvgIpc) is 3.64. The van der Waals surface area contributed by atoms with Crippen LogP contribution in [0.4, 0.5) is 0 Å². The Hall–Kier alpha value is -6.20. The third-order valence-electron chi connectivity index (χ3n) is 10.8. The Morgan fingerprint density at radius 3 is 1.46 bits per heavy atom. The van der Waals surface area contributed by atoms with Gasteiger partial charge in [-0.2, -0.15) is 0 Å². The minimum atomic E-state index is -2.92. The first kappa shape index (κ1) is 32.4. The number of thioether (sulfide) groups is 1. The van der Waals surface area contributed by atoms with Crippen LogP contribution in [0.5, 0.6) is 0 Å². The lowest BCUT2D eigenvalue weighted by Gasteiger charge is -2.35. The molecule has 4 heteroatoms. The summed E-state index contributed by atoms with van der Waals surface area (Å²) in [6.45, 7) is 0. The van der Waals surface area contributed by atoms with Crippen LogP contribution in [0.1, 0.15) is 5.82 Å². The minimum Gasteiger partial charge on any atom is -0.294 e. The van der Waals surface area contributed by atoms with Crippen molar-refractivity contribution in [2.45, 2.75) is 10.6 Å². The quantitative estimate of drug-likeness (QED) is 0.120. The first-order chi connectivity index (χ1) is 26.8. The second kappa shape index (κ2) is 13.6. The molecule has 0 spiro atoms. The number of rotatable bonds is 7. The smallest absolute Gasteiger partial charge is 0.179 e. The number of aromatic nitrogens is 2. The lowest BCUT2D eigenvalue weighted by Crippen LogP contribution is -2.74. The van der Waals surface area contributed by atoms with Crippen LogP contribution in [0.3, 0.4) is 0 Å². The molecule has 0 saturated heterocycles. The highest BCUT2D eigenvalue weighted by Gasteiger charge is 2.42. The molecule has 0 N–H and O–H groups in total. The third-order valence-corrected chi connectivity index (χ3v) is 16.6. The molecule has 9 aromatic rings. The predicted molar refractivity (Wildman–Crippen MR) is 231 cm³/mol. The van der Waals surface area contributed by atoms with Crippen molar-refractivity contribution in [3.63, 3.8) is 0 Å². The van der Waals surface area contributed by atoms with Gasteiger partial charge in [-0.1, -0.05) is 182 Å². The van der Waals surface area contributed by atoms with E-state index in [0.717, 1.165) is 22.6 Å². The summed E-state index contributed by atoms with van der Waals surface area (Å²) in [6.07, 6.45) is 0. The Balaban J connectivity index is 1.20. The van der Waals surface area contributed by atoms with E-state index >= 15 is 0 Å². The number of hydrogen-bond donors (Lipinski definition) is 0. The lowest BCUT2D eigenvalue weighted by molar-refractivity contribution is 0.945. The normalized spacial score (nSPS) is 12.3. The summed E-state index contributed by atoms with van der Waals surface area (Å²) in [4.78, 5) is 6.48. The number of para-hydroxylation sites is 1. The fraction of sp³-hybridized carbons (Fsp3) is 0.0200. The SMILES string of the molecule is c1ccc(-c2cccc([Si](c3ccccc3)(c3cccc(-c4ccccc4)c3)c3cccc(-c4ccc5c(c4)nc4n5-c5ccccc5SC4)c3)c2)cc1. The second-order valence-corrected chi connectivity index (χ2v) is 18.7. The van der Waals surface area contributed by atoms with Gasteiger partial charge in [-0.05, 0) is 78.4 Å². The molecule has 0 aliphatic carbocycles. The van der Waals surface area contributed by atoms with Gasteiger partial charge in [-0.3, -0.25) is 4.57 Å². The predicted octanol–water partition coefficient (Wildman–Crippen LogP) is 10.0. The number of hydrogen-bond acceptors (Lipinski definition) is 2. The Labute approximate surface area is 321 Å². The van der Waals surface area contributed by atoms with Gasteiger partial charge in [0, 0.05) is 4.90 Å². The summed E-state index contributed by atoms with van der Waals surface area (Å²) in [5, 5.41) is 5.40. The van der Waals surface area contributed by atoms with Crippen molar-refractivity contribution in [2.24, 2.45) is 0 Å². The van der Waals surface area contributed by atoms with Crippen molar-refractivity contribution in [3.05, 3.63) is 212 Å². The van der Waals surface area contributed by atoms with Crippen LogP contribution in [0.2, 0.25) is 0 Å². The van der Waals surface area contributed by atoms with Crippen LogP contribution in [0, 0.1) is 0 Å². The Morgan fingerprint density at radius 2 is 0.870 bits per heavy atom. The zero-order valence-electron chi connectivity index (χ0n) is 29.6. The molecule has 0 bridgehead atoms. The van der Waals surface area contributed by atoms with Crippen LogP contribution in [-0.4, -0.2) is 17.6 Å². The summed E-state index contributed by atoms with van der Waals surface area (Å²) in [5.74, 6) is 1.97. The number of benzene rings is 8. The van der Waals surface area contributed by atoms with Gasteiger partial charge in [0.1, 0.15) is 5.82 Å². The van der Waals surface area contributed by atoms with Gasteiger partial charge in [0.15, 0.2) is 8.07 Å². The van der Waals surface area contributed by atoms with E-state index in [1.54, 1.807) is 0 Å². The van der Waals surface area contributed by atoms with E-state index in [9.17, 15) is 0 Å². The Kier molecular flexibility index (Phi) is 8.20. The standard InChI is InChI=1S/C50H36N2SSi/c1-4-15-36(16-5-1)38-19-12-24-43(31-38)54(42-22-8-3-9-23-42,44-25-13-20-39(32-44)37-17-6-2-7-18-37)45-26-14-21-40(33-45)41-29-30-47-46(34-41)51-50-35-53-49-28-11-10-27-48(49)52(47)50/h1-34H,35H2. The van der Waals surface area contributed by atoms with Gasteiger partial charge < -0.3 is 0 Å². The van der Waals surface area contributed by atoms with Crippen LogP contribution in [0.25, 0.3) is 50.1 Å². The van der Waals surface area contributed by atoms with Gasteiger partial charge in [0.05, 0.1) is 22.5 Å². The molecule has 256 valence electrons. The van der Waals surface area contributed by atoms with Crippen LogP contribution in [-0.2, 0) is 5.75 Å². The molecule has 0 radical (unpaired) electrons. The molecule has 1 aromatic heterocycles. The molecule has 1 aliphatic heterocycles. The number of nitrogens with zero attached hydrogens (tertiary/aromatic N) is 2. The molecular formula is C50H36N2SSi. The fourth-order valence-electron chi connectivity index (χ4n) is 8.33. The maximum atomic E-state index is 5.18. The third kappa shape index (κ3) is 5.54. The topological polar surface area (TPSA) is 17.8 Å². The number of imidazole rings is 1. The molecule has 0 fully saturated rings. The van der Waals surface area contributed by atoms with Crippen molar-refractivity contribution < 1.29 is 0 Å². The molecule has 2 nitrogen and oxygen atoms in total. The van der Waals surface area contributed by atoms with Crippen molar-refractivity contribution >= 4 is 51.6 Å². The minimum absolute atomic E-state index is 0.867. The van der Waals surface area contributed by atoms with E-state index in [2.05, 4.69) is 211 Å². The summed E-state index contributed by atoms with van der Waals surface area (Å²) < 4.78 is 2.34. The van der Waals surface area contributed by atoms with Gasteiger partial charge in [-0.15, -0.1) is 11.8 Å². The van der Waals surface area contributed by atoms with Crippen molar-refractivity contribution in [1.29, 1.82) is 0 Å². The van der Waals surface area contributed by atoms with Crippen molar-refractivity contribution in [2.75, 3.05) is 0 Å². The molecule has 54 heavy (non-hydrogen) atoms. The van der Waals surface area contributed by atoms with E-state index in [-0.39, 0.29) is 0 Å². The van der Waals surface area contributed by atoms with Gasteiger partial charge in [0.2, 0.25) is 0 Å². The zero-order chi connectivity index (χ0) is 35.9. The summed E-state index contributed by atoms with van der Waals surface area (Å²) in [6, 6.07) is 76.2. The molecule has 0 unspecified atom stereocenters. The lowest BCUT2D eigenvalue weighted by atomic mass is 10.1. The molecule has 2 heterocycles. The van der Waals surface area contributed by atoms with Gasteiger partial charge in [0.25, 0.3) is 0 Å². The highest BCUT2D eigenvalue weighted by atomic mass is 32.2. The Bertz CT molecular complexity index is 2690. The van der Waals surface area contributed by atoms with Crippen LogP contribution >= 0.6 is 11.8 Å². The molecule has 0 atom stereocenters. The summed E-state index contributed by atoms with van der Waals surface area (Å²) >= 11 is 1.87. The van der Waals surface area contributed by atoms with E-state index in [1.165, 1.54) is 64.7 Å². The first-order valence-corrected chi connectivity index (χ1v) is 21.5. The summed E-state index contributed by atoms with van der Waals surface area (Å²) in [7, 11) is -2.92. The van der Waals surface area contributed by atoms with E-state index in [4.69, 9.17) is 4.98 Å². The molecule has 8 aromatic carbocycles. The highest BCUT2D eigenvalue weighted by molar-refractivity contribution is 7.98. The fourth-order valence-corrected chi connectivity index (χ4v) is 14.1. The first-order valence-electron chi connectivity index (χ1n) is 18.5. The Morgan fingerprint density at radius 1 is 0.407 bits per heavy atom. The van der Waals surface area contributed by atoms with E-state index in [0.29, 0.717) is 0 Å².